The van der Waals surface area contributed by atoms with E-state index in [0.29, 0.717) is 19.5 Å². The molecule has 1 aliphatic carbocycles. The van der Waals surface area contributed by atoms with Crippen LogP contribution in [0.15, 0.2) is 48.5 Å². The van der Waals surface area contributed by atoms with Crippen molar-refractivity contribution in [2.75, 3.05) is 26.3 Å². The van der Waals surface area contributed by atoms with E-state index in [-0.39, 0.29) is 37.2 Å². The lowest BCUT2D eigenvalue weighted by atomic mass is 9.88. The first-order valence-electron chi connectivity index (χ1n) is 12.5. The number of likely N-dealkylation sites (tertiary alicyclic amines) is 1. The molecule has 1 atom stereocenters. The molecular formula is C28H36N2O5. The van der Waals surface area contributed by atoms with Crippen molar-refractivity contribution in [1.29, 1.82) is 0 Å². The number of carbonyl (C=O) groups excluding carboxylic acids is 2. The van der Waals surface area contributed by atoms with E-state index in [1.54, 1.807) is 4.90 Å². The molecule has 0 spiro atoms. The fourth-order valence-corrected chi connectivity index (χ4v) is 5.17. The molecule has 1 fully saturated rings. The fraction of sp³-hybridized carbons (Fsp3) is 0.500. The number of fused-ring (bicyclic) bond motifs is 3. The van der Waals surface area contributed by atoms with E-state index in [2.05, 4.69) is 29.6 Å². The molecule has 4 rings (SSSR count). The number of ether oxygens (including phenoxy) is 2. The van der Waals surface area contributed by atoms with Gasteiger partial charge in [0.2, 0.25) is 0 Å². The van der Waals surface area contributed by atoms with Gasteiger partial charge in [0, 0.05) is 31.7 Å². The summed E-state index contributed by atoms with van der Waals surface area (Å²) < 4.78 is 11.2. The summed E-state index contributed by atoms with van der Waals surface area (Å²) in [7, 11) is 0. The highest BCUT2D eigenvalue weighted by Gasteiger charge is 2.33. The Bertz CT molecular complexity index is 994. The molecule has 2 amide bonds. The fourth-order valence-electron chi connectivity index (χ4n) is 5.17. The number of hydrogen-bond donors (Lipinski definition) is 2. The van der Waals surface area contributed by atoms with E-state index in [1.165, 1.54) is 22.3 Å². The first-order chi connectivity index (χ1) is 16.8. The van der Waals surface area contributed by atoms with Gasteiger partial charge in [-0.2, -0.15) is 0 Å². The molecule has 35 heavy (non-hydrogen) atoms. The van der Waals surface area contributed by atoms with Crippen LogP contribution in [0.1, 0.15) is 57.1 Å². The Morgan fingerprint density at radius 1 is 1.03 bits per heavy atom. The molecular weight excluding hydrogens is 444 g/mol. The number of piperidine rings is 1. The summed E-state index contributed by atoms with van der Waals surface area (Å²) in [6, 6.07) is 16.3. The second kappa shape index (κ2) is 10.7. The number of amides is 2. The third-order valence-electron chi connectivity index (χ3n) is 6.85. The van der Waals surface area contributed by atoms with E-state index in [1.807, 2.05) is 45.0 Å². The normalized spacial score (nSPS) is 16.9. The maximum Gasteiger partial charge on any atom is 0.410 e. The lowest BCUT2D eigenvalue weighted by Crippen LogP contribution is -2.48. The zero-order chi connectivity index (χ0) is 25.0. The predicted octanol–water partition coefficient (Wildman–Crippen LogP) is 4.92. The zero-order valence-corrected chi connectivity index (χ0v) is 20.8. The van der Waals surface area contributed by atoms with Crippen LogP contribution in [-0.2, 0) is 9.47 Å². The molecule has 7 nitrogen and oxygen atoms in total. The van der Waals surface area contributed by atoms with Gasteiger partial charge in [-0.25, -0.2) is 9.59 Å². The van der Waals surface area contributed by atoms with Crippen LogP contribution in [0.2, 0.25) is 0 Å². The maximum absolute atomic E-state index is 12.8. The number of alkyl carbamates (subject to hydrolysis) is 1. The Labute approximate surface area is 207 Å². The van der Waals surface area contributed by atoms with E-state index < -0.39 is 11.7 Å². The summed E-state index contributed by atoms with van der Waals surface area (Å²) in [5, 5.41) is 12.6. The number of aliphatic hydroxyl groups excluding tert-OH is 1. The van der Waals surface area contributed by atoms with Crippen LogP contribution in [0.3, 0.4) is 0 Å². The first kappa shape index (κ1) is 25.0. The zero-order valence-electron chi connectivity index (χ0n) is 20.8. The molecule has 1 aliphatic heterocycles. The van der Waals surface area contributed by atoms with Gasteiger partial charge in [0.15, 0.2) is 0 Å². The molecule has 1 heterocycles. The topological polar surface area (TPSA) is 88.1 Å². The van der Waals surface area contributed by atoms with Gasteiger partial charge < -0.3 is 24.8 Å². The number of carbonyl (C=O) groups is 2. The molecule has 1 saturated heterocycles. The Morgan fingerprint density at radius 2 is 1.60 bits per heavy atom. The van der Waals surface area contributed by atoms with Crippen molar-refractivity contribution in [2.45, 2.75) is 57.6 Å². The minimum atomic E-state index is -0.529. The Hall–Kier alpha value is -3.06. The van der Waals surface area contributed by atoms with E-state index in [0.717, 1.165) is 12.8 Å². The van der Waals surface area contributed by atoms with Gasteiger partial charge in [0.25, 0.3) is 0 Å². The average molecular weight is 481 g/mol. The highest BCUT2D eigenvalue weighted by Crippen LogP contribution is 2.44. The lowest BCUT2D eigenvalue weighted by molar-refractivity contribution is 0.0162. The number of rotatable bonds is 6. The molecule has 0 saturated carbocycles. The van der Waals surface area contributed by atoms with E-state index in [9.17, 15) is 14.7 Å². The standard InChI is InChI=1S/C28H36N2O5/c1-28(2,3)35-27(33)30-15-12-19(13-16-30)25(14-17-31)29-26(32)34-18-24-22-10-6-4-8-20(22)21-9-5-7-11-23(21)24/h4-11,19,24-25,31H,12-18H2,1-3H3,(H,29,32). The van der Waals surface area contributed by atoms with Crippen LogP contribution in [0.25, 0.3) is 11.1 Å². The highest BCUT2D eigenvalue weighted by molar-refractivity contribution is 5.79. The summed E-state index contributed by atoms with van der Waals surface area (Å²) in [6.45, 7) is 6.92. The van der Waals surface area contributed by atoms with Crippen LogP contribution in [0.4, 0.5) is 9.59 Å². The van der Waals surface area contributed by atoms with Gasteiger partial charge in [0.05, 0.1) is 0 Å². The summed E-state index contributed by atoms with van der Waals surface area (Å²) in [4.78, 5) is 26.8. The molecule has 0 bridgehead atoms. The average Bonchev–Trinajstić information content (AvgIpc) is 3.15. The van der Waals surface area contributed by atoms with E-state index >= 15 is 0 Å². The van der Waals surface area contributed by atoms with Gasteiger partial charge in [0.1, 0.15) is 12.2 Å². The predicted molar refractivity (Wildman–Crippen MR) is 134 cm³/mol. The van der Waals surface area contributed by atoms with Crippen molar-refractivity contribution >= 4 is 12.2 Å². The van der Waals surface area contributed by atoms with Gasteiger partial charge in [-0.3, -0.25) is 0 Å². The molecule has 2 N–H and O–H groups in total. The minimum Gasteiger partial charge on any atom is -0.449 e. The lowest BCUT2D eigenvalue weighted by Gasteiger charge is -2.36. The van der Waals surface area contributed by atoms with Gasteiger partial charge in [-0.15, -0.1) is 0 Å². The smallest absolute Gasteiger partial charge is 0.410 e. The second-order valence-corrected chi connectivity index (χ2v) is 10.4. The molecule has 0 radical (unpaired) electrons. The van der Waals surface area contributed by atoms with Crippen LogP contribution >= 0.6 is 0 Å². The number of nitrogens with zero attached hydrogens (tertiary/aromatic N) is 1. The van der Waals surface area contributed by atoms with Crippen LogP contribution < -0.4 is 5.32 Å². The van der Waals surface area contributed by atoms with Crippen molar-refractivity contribution in [2.24, 2.45) is 5.92 Å². The van der Waals surface area contributed by atoms with Gasteiger partial charge in [-0.05, 0) is 68.2 Å². The van der Waals surface area contributed by atoms with Crippen LogP contribution in [-0.4, -0.2) is 60.1 Å². The first-order valence-corrected chi connectivity index (χ1v) is 12.5. The Balaban J connectivity index is 1.33. The summed E-state index contributed by atoms with van der Waals surface area (Å²) in [5.41, 5.74) is 4.18. The van der Waals surface area contributed by atoms with Gasteiger partial charge in [-0.1, -0.05) is 48.5 Å². The molecule has 0 aromatic heterocycles. The van der Waals surface area contributed by atoms with Crippen LogP contribution in [0.5, 0.6) is 0 Å². The highest BCUT2D eigenvalue weighted by atomic mass is 16.6. The summed E-state index contributed by atoms with van der Waals surface area (Å²) in [6.07, 6.45) is 1.13. The van der Waals surface area contributed by atoms with Crippen molar-refractivity contribution in [3.63, 3.8) is 0 Å². The maximum atomic E-state index is 12.8. The molecule has 2 aliphatic rings. The largest absolute Gasteiger partial charge is 0.449 e. The molecule has 2 aromatic carbocycles. The molecule has 2 aromatic rings. The Kier molecular flexibility index (Phi) is 7.65. The number of hydrogen-bond acceptors (Lipinski definition) is 5. The monoisotopic (exact) mass is 480 g/mol. The van der Waals surface area contributed by atoms with Crippen molar-refractivity contribution in [3.8, 4) is 11.1 Å². The Morgan fingerprint density at radius 3 is 2.14 bits per heavy atom. The van der Waals surface area contributed by atoms with Crippen molar-refractivity contribution < 1.29 is 24.2 Å². The quantitative estimate of drug-likeness (QED) is 0.613. The van der Waals surface area contributed by atoms with Crippen molar-refractivity contribution in [3.05, 3.63) is 59.7 Å². The minimum absolute atomic E-state index is 0.00140. The number of benzene rings is 2. The third kappa shape index (κ3) is 5.96. The van der Waals surface area contributed by atoms with Crippen molar-refractivity contribution in [1.82, 2.24) is 10.2 Å². The molecule has 7 heteroatoms. The number of aliphatic hydroxyl groups is 1. The summed E-state index contributed by atoms with van der Waals surface area (Å²) >= 11 is 0. The molecule has 188 valence electrons. The summed E-state index contributed by atoms with van der Waals surface area (Å²) in [5.74, 6) is 0.155. The van der Waals surface area contributed by atoms with E-state index in [4.69, 9.17) is 9.47 Å². The van der Waals surface area contributed by atoms with Crippen LogP contribution in [0, 0.1) is 5.92 Å². The number of nitrogens with one attached hydrogen (secondary N) is 1. The second-order valence-electron chi connectivity index (χ2n) is 10.4. The SMILES string of the molecule is CC(C)(C)OC(=O)N1CCC(C(CCO)NC(=O)OCC2c3ccccc3-c3ccccc32)CC1. The third-order valence-corrected chi connectivity index (χ3v) is 6.85. The van der Waals surface area contributed by atoms with Gasteiger partial charge >= 0.3 is 12.2 Å². The molecule has 1 unspecified atom stereocenters.